The number of dihydropyridines is 1. The molecule has 2 aromatic carbocycles. The van der Waals surface area contributed by atoms with Crippen molar-refractivity contribution >= 4 is 29.4 Å². The quantitative estimate of drug-likeness (QED) is 0.363. The first-order valence-corrected chi connectivity index (χ1v) is 13.1. The summed E-state index contributed by atoms with van der Waals surface area (Å²) in [5, 5.41) is 2.58. The second-order valence-electron chi connectivity index (χ2n) is 10.2. The van der Waals surface area contributed by atoms with Crippen molar-refractivity contribution in [1.82, 2.24) is 4.90 Å². The number of nitrogens with one attached hydrogen (secondary N) is 1. The number of carbonyl (C=O) groups is 2. The summed E-state index contributed by atoms with van der Waals surface area (Å²) in [7, 11) is 3.54. The van der Waals surface area contributed by atoms with Gasteiger partial charge in [0.2, 0.25) is 5.91 Å². The molecule has 2 aliphatic rings. The van der Waals surface area contributed by atoms with Gasteiger partial charge in [-0.15, -0.1) is 0 Å². The van der Waals surface area contributed by atoms with Crippen LogP contribution in [-0.2, 0) is 14.3 Å². The molecule has 2 amide bonds. The minimum atomic E-state index is -4.92. The summed E-state index contributed by atoms with van der Waals surface area (Å²) in [6, 6.07) is 9.51. The van der Waals surface area contributed by atoms with Gasteiger partial charge in [0.05, 0.1) is 23.6 Å². The minimum Gasteiger partial charge on any atom is -0.491 e. The van der Waals surface area contributed by atoms with Crippen molar-refractivity contribution in [1.29, 1.82) is 0 Å². The van der Waals surface area contributed by atoms with Gasteiger partial charge in [-0.05, 0) is 50.7 Å². The third-order valence-electron chi connectivity index (χ3n) is 7.34. The predicted octanol–water partition coefficient (Wildman–Crippen LogP) is 4.70. The molecule has 2 aliphatic heterocycles. The number of benzene rings is 2. The molecular formula is C29H32F4N4O4. The normalized spacial score (nSPS) is 21.6. The van der Waals surface area contributed by atoms with Gasteiger partial charge in [-0.2, -0.15) is 13.2 Å². The topological polar surface area (TPSA) is 83.5 Å². The first-order chi connectivity index (χ1) is 19.4. The van der Waals surface area contributed by atoms with Crippen LogP contribution in [-0.4, -0.2) is 81.6 Å². The lowest BCUT2D eigenvalue weighted by molar-refractivity contribution is -0.124. The van der Waals surface area contributed by atoms with Crippen LogP contribution in [0.2, 0.25) is 0 Å². The summed E-state index contributed by atoms with van der Waals surface area (Å²) < 4.78 is 67.2. The number of hydrogen-bond donors (Lipinski definition) is 1. The summed E-state index contributed by atoms with van der Waals surface area (Å²) in [6.45, 7) is 5.76. The SMILES string of the molecule is COCCOc1ccc(-c2cc(NC(=O)C3C=NC(=O)C=C3C(F)(F)F)c(N3C[C@@H](C)N(C)[C@@H](C)C3)cc2F)cc1. The third kappa shape index (κ3) is 6.94. The molecule has 1 N–H and O–H groups in total. The Morgan fingerprint density at radius 2 is 1.76 bits per heavy atom. The van der Waals surface area contributed by atoms with Gasteiger partial charge in [0.1, 0.15) is 24.1 Å². The Bertz CT molecular complexity index is 1330. The van der Waals surface area contributed by atoms with E-state index in [0.29, 0.717) is 55.6 Å². The lowest BCUT2D eigenvalue weighted by atomic mass is 9.95. The molecule has 2 aromatic rings. The molecule has 0 spiro atoms. The first-order valence-electron chi connectivity index (χ1n) is 13.1. The summed E-state index contributed by atoms with van der Waals surface area (Å²) in [6.07, 6.45) is -3.91. The molecule has 0 bridgehead atoms. The second kappa shape index (κ2) is 12.4. The number of piperazine rings is 1. The van der Waals surface area contributed by atoms with Gasteiger partial charge in [-0.3, -0.25) is 14.5 Å². The van der Waals surface area contributed by atoms with E-state index in [-0.39, 0.29) is 23.3 Å². The minimum absolute atomic E-state index is 0.0898. The Morgan fingerprint density at radius 1 is 1.10 bits per heavy atom. The number of methoxy groups -OCH3 is 1. The highest BCUT2D eigenvalue weighted by atomic mass is 19.4. The standard InChI is InChI=1S/C29H32F4N4O4/c1-17-15-37(16-18(2)36(17)3)26-13-24(30)21(19-5-7-20(8-6-19)41-10-9-40-4)11-25(26)35-28(39)22-14-34-27(38)12-23(22)29(31,32)33/h5-8,11-14,17-18,22H,9-10,15-16H2,1-4H3,(H,35,39)/t17-,18+,22?. The molecular weight excluding hydrogens is 544 g/mol. The zero-order valence-electron chi connectivity index (χ0n) is 23.2. The van der Waals surface area contributed by atoms with Crippen molar-refractivity contribution in [3.8, 4) is 16.9 Å². The van der Waals surface area contributed by atoms with Crippen molar-refractivity contribution in [3.63, 3.8) is 0 Å². The molecule has 1 saturated heterocycles. The molecule has 0 saturated carbocycles. The highest BCUT2D eigenvalue weighted by molar-refractivity contribution is 6.11. The summed E-state index contributed by atoms with van der Waals surface area (Å²) in [5.74, 6) is -4.00. The molecule has 4 rings (SSSR count). The molecule has 0 aromatic heterocycles. The summed E-state index contributed by atoms with van der Waals surface area (Å²) in [4.78, 5) is 32.3. The van der Waals surface area contributed by atoms with Gasteiger partial charge < -0.3 is 19.7 Å². The number of anilines is 2. The van der Waals surface area contributed by atoms with E-state index in [2.05, 4.69) is 15.2 Å². The number of halogens is 4. The van der Waals surface area contributed by atoms with Crippen LogP contribution in [0.1, 0.15) is 13.8 Å². The molecule has 12 heteroatoms. The summed E-state index contributed by atoms with van der Waals surface area (Å²) in [5.41, 5.74) is -0.217. The van der Waals surface area contributed by atoms with Gasteiger partial charge in [-0.1, -0.05) is 12.1 Å². The number of aliphatic imine (C=N–C) groups is 1. The molecule has 3 atom stereocenters. The van der Waals surface area contributed by atoms with E-state index in [9.17, 15) is 22.8 Å². The van der Waals surface area contributed by atoms with Crippen LogP contribution >= 0.6 is 0 Å². The van der Waals surface area contributed by atoms with Crippen LogP contribution in [0.5, 0.6) is 5.75 Å². The predicted molar refractivity (Wildman–Crippen MR) is 148 cm³/mol. The zero-order valence-corrected chi connectivity index (χ0v) is 23.2. The van der Waals surface area contributed by atoms with Crippen LogP contribution in [0, 0.1) is 11.7 Å². The lowest BCUT2D eigenvalue weighted by Crippen LogP contribution is -2.55. The molecule has 220 valence electrons. The fraction of sp³-hybridized carbons (Fsp3) is 0.414. The molecule has 1 unspecified atom stereocenters. The maximum atomic E-state index is 15.6. The third-order valence-corrected chi connectivity index (χ3v) is 7.34. The van der Waals surface area contributed by atoms with Crippen molar-refractivity contribution < 1.29 is 36.6 Å². The average Bonchev–Trinajstić information content (AvgIpc) is 2.92. The molecule has 2 heterocycles. The van der Waals surface area contributed by atoms with Gasteiger partial charge in [0.15, 0.2) is 0 Å². The van der Waals surface area contributed by atoms with Crippen LogP contribution in [0.4, 0.5) is 28.9 Å². The zero-order chi connectivity index (χ0) is 29.9. The number of carbonyl (C=O) groups excluding carboxylic acids is 2. The number of amides is 2. The van der Waals surface area contributed by atoms with E-state index >= 15 is 4.39 Å². The molecule has 0 radical (unpaired) electrons. The number of ether oxygens (including phenoxy) is 2. The number of rotatable bonds is 8. The lowest BCUT2D eigenvalue weighted by Gasteiger charge is -2.44. The summed E-state index contributed by atoms with van der Waals surface area (Å²) >= 11 is 0. The van der Waals surface area contributed by atoms with E-state index in [0.717, 1.165) is 0 Å². The Kier molecular flexibility index (Phi) is 9.13. The monoisotopic (exact) mass is 576 g/mol. The van der Waals surface area contributed by atoms with E-state index < -0.39 is 35.3 Å². The molecule has 1 fully saturated rings. The smallest absolute Gasteiger partial charge is 0.414 e. The van der Waals surface area contributed by atoms with Gasteiger partial charge in [-0.25, -0.2) is 9.38 Å². The van der Waals surface area contributed by atoms with Gasteiger partial charge >= 0.3 is 6.18 Å². The molecule has 0 aliphatic carbocycles. The Balaban J connectivity index is 1.72. The number of likely N-dealkylation sites (N-methyl/N-ethyl adjacent to an activating group) is 1. The second-order valence-corrected chi connectivity index (χ2v) is 10.2. The van der Waals surface area contributed by atoms with Crippen molar-refractivity contribution in [3.05, 3.63) is 53.9 Å². The highest BCUT2D eigenvalue weighted by Crippen LogP contribution is 2.38. The Morgan fingerprint density at radius 3 is 2.37 bits per heavy atom. The van der Waals surface area contributed by atoms with E-state index in [1.54, 1.807) is 31.4 Å². The van der Waals surface area contributed by atoms with E-state index in [1.807, 2.05) is 25.8 Å². The molecule has 8 nitrogen and oxygen atoms in total. The van der Waals surface area contributed by atoms with Crippen LogP contribution in [0.25, 0.3) is 11.1 Å². The van der Waals surface area contributed by atoms with Gasteiger partial charge in [0.25, 0.3) is 5.91 Å². The fourth-order valence-corrected chi connectivity index (χ4v) is 4.89. The van der Waals surface area contributed by atoms with Crippen LogP contribution in [0.3, 0.4) is 0 Å². The first kappa shape index (κ1) is 30.2. The number of hydrogen-bond acceptors (Lipinski definition) is 6. The maximum absolute atomic E-state index is 15.6. The maximum Gasteiger partial charge on any atom is 0.414 e. The average molecular weight is 577 g/mol. The van der Waals surface area contributed by atoms with Crippen LogP contribution < -0.4 is 15.0 Å². The van der Waals surface area contributed by atoms with Crippen molar-refractivity contribution in [2.75, 3.05) is 50.7 Å². The Labute approximate surface area is 235 Å². The van der Waals surface area contributed by atoms with Crippen molar-refractivity contribution in [2.24, 2.45) is 10.9 Å². The van der Waals surface area contributed by atoms with Crippen molar-refractivity contribution in [2.45, 2.75) is 32.1 Å². The van der Waals surface area contributed by atoms with Crippen LogP contribution in [0.15, 0.2) is 53.0 Å². The fourth-order valence-electron chi connectivity index (χ4n) is 4.89. The number of alkyl halides is 3. The Hall–Kier alpha value is -3.77. The molecule has 41 heavy (non-hydrogen) atoms. The van der Waals surface area contributed by atoms with Gasteiger partial charge in [0, 0.05) is 50.1 Å². The largest absolute Gasteiger partial charge is 0.491 e. The highest BCUT2D eigenvalue weighted by Gasteiger charge is 2.43. The number of nitrogens with zero attached hydrogens (tertiary/aromatic N) is 3. The van der Waals surface area contributed by atoms with E-state index in [1.165, 1.54) is 12.1 Å². The van der Waals surface area contributed by atoms with E-state index in [4.69, 9.17) is 9.47 Å².